The highest BCUT2D eigenvalue weighted by molar-refractivity contribution is 7.16. The Balaban J connectivity index is 1.80. The van der Waals surface area contributed by atoms with Crippen LogP contribution in [-0.4, -0.2) is 58.3 Å². The monoisotopic (exact) mass is 306 g/mol. The number of aliphatic hydroxyl groups excluding tert-OH is 1. The van der Waals surface area contributed by atoms with Gasteiger partial charge in [0.25, 0.3) is 0 Å². The van der Waals surface area contributed by atoms with Gasteiger partial charge in [0, 0.05) is 32.2 Å². The summed E-state index contributed by atoms with van der Waals surface area (Å²) >= 11 is 1.66. The molecular weight excluding hydrogens is 284 g/mol. The molecule has 0 spiro atoms. The third kappa shape index (κ3) is 3.02. The molecule has 0 unspecified atom stereocenters. The second kappa shape index (κ2) is 6.25. The first-order valence-electron chi connectivity index (χ1n) is 7.54. The lowest BCUT2D eigenvalue weighted by molar-refractivity contribution is 0.0885. The van der Waals surface area contributed by atoms with Crippen LogP contribution < -0.4 is 4.90 Å². The Kier molecular flexibility index (Phi) is 4.37. The van der Waals surface area contributed by atoms with Crippen molar-refractivity contribution >= 4 is 27.4 Å². The van der Waals surface area contributed by atoms with E-state index in [1.807, 2.05) is 6.92 Å². The van der Waals surface area contributed by atoms with E-state index in [1.165, 1.54) is 0 Å². The van der Waals surface area contributed by atoms with Crippen LogP contribution in [0.15, 0.2) is 17.8 Å². The van der Waals surface area contributed by atoms with E-state index in [0.717, 1.165) is 48.6 Å². The molecule has 3 heterocycles. The Morgan fingerprint density at radius 2 is 2.29 bits per heavy atom. The molecule has 2 aromatic rings. The van der Waals surface area contributed by atoms with Crippen molar-refractivity contribution in [3.8, 4) is 0 Å². The zero-order chi connectivity index (χ0) is 14.8. The van der Waals surface area contributed by atoms with E-state index in [0.29, 0.717) is 6.04 Å². The van der Waals surface area contributed by atoms with Crippen molar-refractivity contribution in [2.45, 2.75) is 32.4 Å². The van der Waals surface area contributed by atoms with Gasteiger partial charge < -0.3 is 10.0 Å². The quantitative estimate of drug-likeness (QED) is 0.936. The fourth-order valence-electron chi connectivity index (χ4n) is 3.08. The van der Waals surface area contributed by atoms with Gasteiger partial charge in [0.1, 0.15) is 17.0 Å². The van der Waals surface area contributed by atoms with Crippen LogP contribution >= 0.6 is 11.3 Å². The molecule has 0 saturated carbocycles. The van der Waals surface area contributed by atoms with Crippen LogP contribution in [0.25, 0.3) is 10.2 Å². The minimum atomic E-state index is -0.270. The summed E-state index contributed by atoms with van der Waals surface area (Å²) in [5, 5.41) is 12.9. The molecule has 114 valence electrons. The number of aromatic nitrogens is 2. The zero-order valence-electron chi connectivity index (χ0n) is 12.6. The average molecular weight is 306 g/mol. The summed E-state index contributed by atoms with van der Waals surface area (Å²) in [6.45, 7) is 7.71. The molecule has 5 nitrogen and oxygen atoms in total. The molecule has 1 fully saturated rings. The van der Waals surface area contributed by atoms with Crippen LogP contribution in [0.5, 0.6) is 0 Å². The molecule has 1 aliphatic heterocycles. The van der Waals surface area contributed by atoms with Crippen LogP contribution in [0.1, 0.15) is 20.3 Å². The minimum Gasteiger partial charge on any atom is -0.392 e. The summed E-state index contributed by atoms with van der Waals surface area (Å²) in [7, 11) is 0. The van der Waals surface area contributed by atoms with E-state index in [9.17, 15) is 5.11 Å². The molecule has 21 heavy (non-hydrogen) atoms. The number of rotatable bonds is 4. The molecule has 0 aliphatic carbocycles. The highest BCUT2D eigenvalue weighted by atomic mass is 32.1. The maximum Gasteiger partial charge on any atom is 0.140 e. The van der Waals surface area contributed by atoms with Crippen molar-refractivity contribution < 1.29 is 5.11 Å². The first-order valence-corrected chi connectivity index (χ1v) is 8.42. The van der Waals surface area contributed by atoms with Crippen LogP contribution in [0.3, 0.4) is 0 Å². The summed E-state index contributed by atoms with van der Waals surface area (Å²) in [6.07, 6.45) is 2.48. The number of hydrogen-bond donors (Lipinski definition) is 1. The summed E-state index contributed by atoms with van der Waals surface area (Å²) < 4.78 is 0. The Morgan fingerprint density at radius 3 is 3.05 bits per heavy atom. The molecule has 2 aromatic heterocycles. The largest absolute Gasteiger partial charge is 0.392 e. The summed E-state index contributed by atoms with van der Waals surface area (Å²) in [5.41, 5.74) is 0. The second-order valence-electron chi connectivity index (χ2n) is 5.69. The third-order valence-corrected chi connectivity index (χ3v) is 4.94. The van der Waals surface area contributed by atoms with Gasteiger partial charge >= 0.3 is 0 Å². The lowest BCUT2D eigenvalue weighted by Crippen LogP contribution is -2.54. The first-order chi connectivity index (χ1) is 10.2. The number of piperazine rings is 1. The van der Waals surface area contributed by atoms with Gasteiger partial charge in [-0.3, -0.25) is 4.90 Å². The molecule has 1 aliphatic rings. The standard InChI is InChI=1S/C15H22N4OS/c1-3-12-9-19(6-5-18(12)8-11(2)20)14-13-4-7-21-15(13)17-10-16-14/h4,7,10-12,20H,3,5-6,8-9H2,1-2H3/t11-,12-/m0/s1. The van der Waals surface area contributed by atoms with E-state index in [4.69, 9.17) is 0 Å². The number of thiophene rings is 1. The lowest BCUT2D eigenvalue weighted by atomic mass is 10.1. The van der Waals surface area contributed by atoms with E-state index >= 15 is 0 Å². The predicted molar refractivity (Wildman–Crippen MR) is 87.0 cm³/mol. The van der Waals surface area contributed by atoms with Gasteiger partial charge in [0.15, 0.2) is 0 Å². The van der Waals surface area contributed by atoms with Crippen molar-refractivity contribution in [1.29, 1.82) is 0 Å². The van der Waals surface area contributed by atoms with Crippen molar-refractivity contribution in [2.24, 2.45) is 0 Å². The number of β-amino-alcohol motifs (C(OH)–C–C–N with tert-alkyl or cyclic N) is 1. The van der Waals surface area contributed by atoms with Crippen LogP contribution in [0, 0.1) is 0 Å². The van der Waals surface area contributed by atoms with E-state index in [1.54, 1.807) is 17.7 Å². The maximum absolute atomic E-state index is 9.64. The number of hydrogen-bond acceptors (Lipinski definition) is 6. The topological polar surface area (TPSA) is 52.5 Å². The van der Waals surface area contributed by atoms with Gasteiger partial charge in [0.2, 0.25) is 0 Å². The second-order valence-corrected chi connectivity index (χ2v) is 6.58. The van der Waals surface area contributed by atoms with Crippen molar-refractivity contribution in [3.05, 3.63) is 17.8 Å². The van der Waals surface area contributed by atoms with Gasteiger partial charge in [-0.25, -0.2) is 9.97 Å². The fraction of sp³-hybridized carbons (Fsp3) is 0.600. The number of anilines is 1. The van der Waals surface area contributed by atoms with Gasteiger partial charge in [-0.15, -0.1) is 11.3 Å². The SMILES string of the molecule is CC[C@H]1CN(c2ncnc3sccc23)CCN1C[C@H](C)O. The lowest BCUT2D eigenvalue weighted by Gasteiger charge is -2.42. The van der Waals surface area contributed by atoms with Crippen molar-refractivity contribution in [3.63, 3.8) is 0 Å². The first kappa shape index (κ1) is 14.7. The summed E-state index contributed by atoms with van der Waals surface area (Å²) in [5.74, 6) is 1.05. The molecule has 0 radical (unpaired) electrons. The van der Waals surface area contributed by atoms with Gasteiger partial charge in [-0.2, -0.15) is 0 Å². The Hall–Kier alpha value is -1.24. The zero-order valence-corrected chi connectivity index (χ0v) is 13.4. The highest BCUT2D eigenvalue weighted by Gasteiger charge is 2.28. The van der Waals surface area contributed by atoms with Gasteiger partial charge in [-0.05, 0) is 24.8 Å². The summed E-state index contributed by atoms with van der Waals surface area (Å²) in [4.78, 5) is 14.7. The molecule has 1 N–H and O–H groups in total. The van der Waals surface area contributed by atoms with Gasteiger partial charge in [-0.1, -0.05) is 6.92 Å². The molecule has 1 saturated heterocycles. The van der Waals surface area contributed by atoms with Crippen LogP contribution in [0.4, 0.5) is 5.82 Å². The molecule has 0 amide bonds. The van der Waals surface area contributed by atoms with E-state index < -0.39 is 0 Å². The number of fused-ring (bicyclic) bond motifs is 1. The van der Waals surface area contributed by atoms with E-state index in [2.05, 4.69) is 38.1 Å². The molecule has 2 atom stereocenters. The number of aliphatic hydroxyl groups is 1. The minimum absolute atomic E-state index is 0.270. The Labute approximate surface area is 129 Å². The molecule has 3 rings (SSSR count). The smallest absolute Gasteiger partial charge is 0.140 e. The molecule has 0 bridgehead atoms. The normalized spacial score (nSPS) is 21.9. The Morgan fingerprint density at radius 1 is 1.43 bits per heavy atom. The highest BCUT2D eigenvalue weighted by Crippen LogP contribution is 2.28. The predicted octanol–water partition coefficient (Wildman–Crippen LogP) is 1.97. The fourth-order valence-corrected chi connectivity index (χ4v) is 3.81. The van der Waals surface area contributed by atoms with Crippen LogP contribution in [-0.2, 0) is 0 Å². The van der Waals surface area contributed by atoms with Crippen molar-refractivity contribution in [2.75, 3.05) is 31.1 Å². The van der Waals surface area contributed by atoms with Crippen molar-refractivity contribution in [1.82, 2.24) is 14.9 Å². The number of nitrogens with zero attached hydrogens (tertiary/aromatic N) is 4. The van der Waals surface area contributed by atoms with Crippen LogP contribution in [0.2, 0.25) is 0 Å². The maximum atomic E-state index is 9.64. The molecule has 6 heteroatoms. The summed E-state index contributed by atoms with van der Waals surface area (Å²) in [6, 6.07) is 2.58. The average Bonchev–Trinajstić information content (AvgIpc) is 2.95. The Bertz CT molecular complexity index is 600. The molecule has 0 aromatic carbocycles. The van der Waals surface area contributed by atoms with E-state index in [-0.39, 0.29) is 6.10 Å². The third-order valence-electron chi connectivity index (χ3n) is 4.11. The molecular formula is C15H22N4OS. The van der Waals surface area contributed by atoms with Gasteiger partial charge in [0.05, 0.1) is 11.5 Å².